The second-order valence-corrected chi connectivity index (χ2v) is 10.2. The summed E-state index contributed by atoms with van der Waals surface area (Å²) in [5.74, 6) is 0.986. The van der Waals surface area contributed by atoms with Gasteiger partial charge in [0.1, 0.15) is 5.01 Å². The van der Waals surface area contributed by atoms with Crippen LogP contribution in [0.2, 0.25) is 5.02 Å². The number of carbonyl (C=O) groups excluding carboxylic acids is 2. The predicted molar refractivity (Wildman–Crippen MR) is 132 cm³/mol. The van der Waals surface area contributed by atoms with E-state index < -0.39 is 0 Å². The summed E-state index contributed by atoms with van der Waals surface area (Å²) in [6, 6.07) is 13.7. The number of rotatable bonds is 7. The molecule has 2 heterocycles. The first-order valence-electron chi connectivity index (χ1n) is 10.2. The normalized spacial score (nSPS) is 15.9. The number of hydrogen-bond donors (Lipinski definition) is 1. The Labute approximate surface area is 200 Å². The molecule has 1 N–H and O–H groups in total. The molecule has 32 heavy (non-hydrogen) atoms. The number of hydrogen-bond acceptors (Lipinski definition) is 6. The van der Waals surface area contributed by atoms with Crippen molar-refractivity contribution in [1.29, 1.82) is 0 Å². The van der Waals surface area contributed by atoms with Crippen molar-refractivity contribution in [2.24, 2.45) is 0 Å². The molecule has 6 nitrogen and oxygen atoms in total. The molecule has 0 radical (unpaired) electrons. The lowest BCUT2D eigenvalue weighted by Crippen LogP contribution is -2.24. The van der Waals surface area contributed by atoms with Crippen LogP contribution in [-0.2, 0) is 15.3 Å². The molecular formula is C23H23ClN4O2S2. The van der Waals surface area contributed by atoms with Crippen molar-refractivity contribution < 1.29 is 9.59 Å². The number of aromatic nitrogens is 2. The van der Waals surface area contributed by atoms with E-state index in [4.69, 9.17) is 11.6 Å². The fourth-order valence-corrected chi connectivity index (χ4v) is 5.23. The minimum Gasteiger partial charge on any atom is -0.312 e. The van der Waals surface area contributed by atoms with Crippen molar-refractivity contribution in [2.45, 2.75) is 31.9 Å². The number of benzene rings is 2. The van der Waals surface area contributed by atoms with Crippen LogP contribution < -0.4 is 10.2 Å². The largest absolute Gasteiger partial charge is 0.312 e. The SMILES string of the molecule is Cc1ccc(N2CC(c3nnc(NC(=O)CSCc4ccc(Cl)cc4)s3)CC2=O)cc1C. The number of nitrogens with zero attached hydrogens (tertiary/aromatic N) is 3. The van der Waals surface area contributed by atoms with Crippen LogP contribution >= 0.6 is 34.7 Å². The van der Waals surface area contributed by atoms with Crippen LogP contribution in [0.15, 0.2) is 42.5 Å². The van der Waals surface area contributed by atoms with Crippen LogP contribution in [0.5, 0.6) is 0 Å². The van der Waals surface area contributed by atoms with Gasteiger partial charge in [0, 0.05) is 35.3 Å². The molecule has 0 bridgehead atoms. The minimum atomic E-state index is -0.120. The minimum absolute atomic E-state index is 0.0217. The summed E-state index contributed by atoms with van der Waals surface area (Å²) in [7, 11) is 0. The molecule has 0 saturated carbocycles. The molecule has 1 aromatic heterocycles. The van der Waals surface area contributed by atoms with Crippen LogP contribution in [0.3, 0.4) is 0 Å². The lowest BCUT2D eigenvalue weighted by molar-refractivity contribution is -0.117. The standard InChI is InChI=1S/C23H23ClN4O2S2/c1-14-3-8-19(9-15(14)2)28-11-17(10-21(28)30)22-26-27-23(32-22)25-20(29)13-31-12-16-4-6-18(24)7-5-16/h3-9,17H,10-13H2,1-2H3,(H,25,27,29). The van der Waals surface area contributed by atoms with Crippen molar-refractivity contribution in [3.8, 4) is 0 Å². The van der Waals surface area contributed by atoms with Gasteiger partial charge in [-0.1, -0.05) is 41.1 Å². The second-order valence-electron chi connectivity index (χ2n) is 7.79. The predicted octanol–water partition coefficient (Wildman–Crippen LogP) is 5.20. The van der Waals surface area contributed by atoms with Gasteiger partial charge in [0.15, 0.2) is 0 Å². The molecule has 1 aliphatic heterocycles. The Morgan fingerprint density at radius 2 is 1.97 bits per heavy atom. The molecule has 2 amide bonds. The van der Waals surface area contributed by atoms with Gasteiger partial charge in [0.05, 0.1) is 5.75 Å². The van der Waals surface area contributed by atoms with Gasteiger partial charge < -0.3 is 4.90 Å². The molecule has 1 unspecified atom stereocenters. The molecule has 1 atom stereocenters. The Morgan fingerprint density at radius 3 is 2.72 bits per heavy atom. The van der Waals surface area contributed by atoms with Crippen molar-refractivity contribution in [3.63, 3.8) is 0 Å². The number of halogens is 1. The van der Waals surface area contributed by atoms with Gasteiger partial charge in [-0.25, -0.2) is 0 Å². The molecule has 1 aliphatic rings. The Hall–Kier alpha value is -2.42. The maximum Gasteiger partial charge on any atom is 0.236 e. The van der Waals surface area contributed by atoms with Gasteiger partial charge >= 0.3 is 0 Å². The zero-order valence-electron chi connectivity index (χ0n) is 17.8. The van der Waals surface area contributed by atoms with Gasteiger partial charge in [-0.05, 0) is 54.8 Å². The zero-order chi connectivity index (χ0) is 22.7. The van der Waals surface area contributed by atoms with E-state index in [1.807, 2.05) is 54.3 Å². The van der Waals surface area contributed by atoms with Crippen LogP contribution in [0.4, 0.5) is 10.8 Å². The van der Waals surface area contributed by atoms with E-state index in [2.05, 4.69) is 22.4 Å². The van der Waals surface area contributed by atoms with Crippen molar-refractivity contribution in [3.05, 3.63) is 69.2 Å². The van der Waals surface area contributed by atoms with Gasteiger partial charge in [-0.3, -0.25) is 14.9 Å². The third-order valence-electron chi connectivity index (χ3n) is 5.38. The Morgan fingerprint density at radius 1 is 1.19 bits per heavy atom. The van der Waals surface area contributed by atoms with E-state index in [1.165, 1.54) is 28.7 Å². The highest BCUT2D eigenvalue weighted by Gasteiger charge is 2.34. The van der Waals surface area contributed by atoms with Crippen LogP contribution in [0.1, 0.15) is 34.0 Å². The maximum atomic E-state index is 12.6. The number of nitrogens with one attached hydrogen (secondary N) is 1. The van der Waals surface area contributed by atoms with E-state index in [1.54, 1.807) is 0 Å². The van der Waals surface area contributed by atoms with E-state index in [0.29, 0.717) is 28.9 Å². The van der Waals surface area contributed by atoms with Crippen LogP contribution in [-0.4, -0.2) is 34.3 Å². The lowest BCUT2D eigenvalue weighted by Gasteiger charge is -2.17. The highest BCUT2D eigenvalue weighted by Crippen LogP contribution is 2.34. The fraction of sp³-hybridized carbons (Fsp3) is 0.304. The summed E-state index contributed by atoms with van der Waals surface area (Å²) in [6.07, 6.45) is 0.395. The molecule has 9 heteroatoms. The summed E-state index contributed by atoms with van der Waals surface area (Å²) in [6.45, 7) is 4.67. The topological polar surface area (TPSA) is 75.2 Å². The number of amides is 2. The van der Waals surface area contributed by atoms with Crippen LogP contribution in [0.25, 0.3) is 0 Å². The number of thioether (sulfide) groups is 1. The molecule has 0 aliphatic carbocycles. The van der Waals surface area contributed by atoms with E-state index in [0.717, 1.165) is 27.6 Å². The summed E-state index contributed by atoms with van der Waals surface area (Å²) < 4.78 is 0. The molecule has 4 rings (SSSR count). The molecule has 2 aromatic carbocycles. The Balaban J connectivity index is 1.30. The monoisotopic (exact) mass is 486 g/mol. The van der Waals surface area contributed by atoms with Gasteiger partial charge in [-0.15, -0.1) is 22.0 Å². The average Bonchev–Trinajstić information content (AvgIpc) is 3.38. The first-order chi connectivity index (χ1) is 15.4. The van der Waals surface area contributed by atoms with Crippen molar-refractivity contribution in [2.75, 3.05) is 22.5 Å². The molecule has 1 fully saturated rings. The van der Waals surface area contributed by atoms with Gasteiger partial charge in [0.25, 0.3) is 0 Å². The quantitative estimate of drug-likeness (QED) is 0.496. The number of carbonyl (C=O) groups is 2. The Kier molecular flexibility index (Phi) is 7.13. The zero-order valence-corrected chi connectivity index (χ0v) is 20.2. The second kappa shape index (κ2) is 10.0. The third-order valence-corrected chi connectivity index (χ3v) is 7.64. The van der Waals surface area contributed by atoms with Crippen LogP contribution in [0, 0.1) is 13.8 Å². The molecule has 3 aromatic rings. The highest BCUT2D eigenvalue weighted by atomic mass is 35.5. The molecule has 0 spiro atoms. The van der Waals surface area contributed by atoms with Gasteiger partial charge in [0.2, 0.25) is 16.9 Å². The molecular weight excluding hydrogens is 464 g/mol. The fourth-order valence-electron chi connectivity index (χ4n) is 3.46. The number of aryl methyl sites for hydroxylation is 2. The van der Waals surface area contributed by atoms with Gasteiger partial charge in [-0.2, -0.15) is 0 Å². The lowest BCUT2D eigenvalue weighted by atomic mass is 10.1. The Bertz CT molecular complexity index is 1130. The summed E-state index contributed by atoms with van der Waals surface area (Å²) in [4.78, 5) is 26.7. The van der Waals surface area contributed by atoms with E-state index in [9.17, 15) is 9.59 Å². The van der Waals surface area contributed by atoms with E-state index >= 15 is 0 Å². The summed E-state index contributed by atoms with van der Waals surface area (Å²) in [5, 5.41) is 13.1. The third kappa shape index (κ3) is 5.49. The highest BCUT2D eigenvalue weighted by molar-refractivity contribution is 7.99. The summed E-state index contributed by atoms with van der Waals surface area (Å²) in [5.41, 5.74) is 4.39. The molecule has 166 valence electrons. The molecule has 1 saturated heterocycles. The smallest absolute Gasteiger partial charge is 0.236 e. The average molecular weight is 487 g/mol. The van der Waals surface area contributed by atoms with Crippen molar-refractivity contribution >= 4 is 57.3 Å². The first-order valence-corrected chi connectivity index (χ1v) is 12.6. The maximum absolute atomic E-state index is 12.6. The van der Waals surface area contributed by atoms with Crippen molar-refractivity contribution in [1.82, 2.24) is 10.2 Å². The summed E-state index contributed by atoms with van der Waals surface area (Å²) >= 11 is 8.75. The number of anilines is 2. The first kappa shape index (κ1) is 22.8. The van der Waals surface area contributed by atoms with E-state index in [-0.39, 0.29) is 17.7 Å².